The first kappa shape index (κ1) is 18.2. The largest absolute Gasteiger partial charge is 4.00 e. The SMILES string of the molecule is O=P([O-])([O-])O.O=S(=O)([O-])[O-].[Th+4]. The Bertz CT molecular complexity index is 192. The van der Waals surface area contributed by atoms with E-state index >= 15 is 0 Å². The van der Waals surface area contributed by atoms with Gasteiger partial charge < -0.3 is 28.4 Å². The van der Waals surface area contributed by atoms with Crippen LogP contribution in [0.5, 0.6) is 0 Å². The van der Waals surface area contributed by atoms with E-state index in [1.54, 1.807) is 0 Å². The van der Waals surface area contributed by atoms with Gasteiger partial charge in [-0.25, -0.2) is 0 Å². The van der Waals surface area contributed by atoms with E-state index < -0.39 is 18.2 Å². The van der Waals surface area contributed by atoms with E-state index in [4.69, 9.17) is 36.8 Å². The van der Waals surface area contributed by atoms with Crippen LogP contribution in [0.2, 0.25) is 0 Å². The van der Waals surface area contributed by atoms with E-state index in [1.165, 1.54) is 0 Å². The second-order valence-corrected chi connectivity index (χ2v) is 2.63. The van der Waals surface area contributed by atoms with Gasteiger partial charge in [-0.2, -0.15) is 0 Å². The molecule has 0 aliphatic heterocycles. The van der Waals surface area contributed by atoms with Crippen molar-refractivity contribution in [3.05, 3.63) is 0 Å². The van der Waals surface area contributed by atoms with Crippen molar-refractivity contribution >= 4 is 18.2 Å². The Kier molecular flexibility index (Phi) is 11.2. The number of rotatable bonds is 0. The van der Waals surface area contributed by atoms with Crippen molar-refractivity contribution < 1.29 is 76.7 Å². The molecule has 0 bridgehead atoms. The van der Waals surface area contributed by atoms with Gasteiger partial charge in [-0.05, 0) is 0 Å². The molecule has 0 radical (unpaired) electrons. The fourth-order valence-electron chi connectivity index (χ4n) is 0. The maximum atomic E-state index is 8.66. The summed E-state index contributed by atoms with van der Waals surface area (Å²) in [5, 5.41) is 0. The Hall–Kier alpha value is 1.30. The average molecular weight is 424 g/mol. The Morgan fingerprint density at radius 1 is 1.18 bits per heavy atom. The van der Waals surface area contributed by atoms with Gasteiger partial charge in [0.2, 0.25) is 0 Å². The third kappa shape index (κ3) is 575. The molecule has 0 amide bonds. The van der Waals surface area contributed by atoms with Gasteiger partial charge in [0, 0.05) is 10.4 Å². The molecule has 11 heavy (non-hydrogen) atoms. The van der Waals surface area contributed by atoms with E-state index in [0.717, 1.165) is 0 Å². The predicted octanol–water partition coefficient (Wildman–Crippen LogP) is -3.53. The van der Waals surface area contributed by atoms with Crippen molar-refractivity contribution in [2.24, 2.45) is 0 Å². The van der Waals surface area contributed by atoms with E-state index in [2.05, 4.69) is 0 Å². The van der Waals surface area contributed by atoms with Gasteiger partial charge in [0.1, 0.15) is 0 Å². The van der Waals surface area contributed by atoms with Gasteiger partial charge in [0.15, 0.2) is 0 Å². The van der Waals surface area contributed by atoms with Gasteiger partial charge in [0.05, 0.1) is 7.82 Å². The summed E-state index contributed by atoms with van der Waals surface area (Å²) in [5.74, 6) is 0. The molecule has 0 unspecified atom stereocenters. The summed E-state index contributed by atoms with van der Waals surface area (Å²) in [6.45, 7) is 0. The zero-order valence-corrected chi connectivity index (χ0v) is 10.5. The van der Waals surface area contributed by atoms with E-state index in [9.17, 15) is 0 Å². The van der Waals surface area contributed by atoms with Gasteiger partial charge in [-0.1, -0.05) is 0 Å². The topological polar surface area (TPSA) is 164 Å². The normalized spacial score (nSPS) is 10.6. The maximum Gasteiger partial charge on any atom is 4.00 e. The second-order valence-electron chi connectivity index (χ2n) is 0.877. The molecule has 0 fully saturated rings. The molecule has 0 aliphatic rings. The standard InChI is InChI=1S/H3O4P.H2O4S.Th/c2*1-5(2,3)4;/h(H3,1,2,3,4);(H2,1,2,3,4);/q;;+4/p-4. The van der Waals surface area contributed by atoms with E-state index in [1.807, 2.05) is 0 Å². The molecule has 0 saturated heterocycles. The quantitative estimate of drug-likeness (QED) is 0.238. The molecule has 0 aromatic rings. The Morgan fingerprint density at radius 3 is 1.18 bits per heavy atom. The van der Waals surface area contributed by atoms with Gasteiger partial charge >= 0.3 is 39.9 Å². The minimum absolute atomic E-state index is 0. The molecule has 0 aromatic carbocycles. The molecule has 0 aromatic heterocycles. The summed E-state index contributed by atoms with van der Waals surface area (Å²) in [5.41, 5.74) is 0. The molecule has 0 saturated carbocycles. The summed E-state index contributed by atoms with van der Waals surface area (Å²) in [7, 11) is -10.3. The van der Waals surface area contributed by atoms with Crippen LogP contribution in [0.4, 0.5) is 0 Å². The second kappa shape index (κ2) is 6.78. The molecule has 0 heterocycles. The number of hydrogen-bond donors (Lipinski definition) is 1. The van der Waals surface area contributed by atoms with Crippen molar-refractivity contribution in [3.63, 3.8) is 0 Å². The molecule has 1 N–H and O–H groups in total. The first-order valence-electron chi connectivity index (χ1n) is 1.41. The van der Waals surface area contributed by atoms with Crippen molar-refractivity contribution in [1.82, 2.24) is 0 Å². The summed E-state index contributed by atoms with van der Waals surface area (Å²) in [6.07, 6.45) is 0. The Labute approximate surface area is 94.1 Å². The van der Waals surface area contributed by atoms with E-state index in [-0.39, 0.29) is 39.9 Å². The number of hydrogen-bond acceptors (Lipinski definition) is 7. The first-order valence-corrected chi connectivity index (χ1v) is 4.24. The van der Waals surface area contributed by atoms with Crippen LogP contribution in [0.15, 0.2) is 0 Å². The molecule has 0 atom stereocenters. The predicted molar refractivity (Wildman–Crippen MR) is 20.3 cm³/mol. The monoisotopic (exact) mass is 424 g/mol. The molecule has 0 rings (SSSR count). The minimum atomic E-state index is -5.17. The van der Waals surface area contributed by atoms with Crippen LogP contribution in [-0.4, -0.2) is 22.4 Å². The van der Waals surface area contributed by atoms with Crippen LogP contribution in [0, 0.1) is 39.9 Å². The van der Waals surface area contributed by atoms with Crippen LogP contribution in [0.3, 0.4) is 0 Å². The fraction of sp³-hybridized carbons (Fsp3) is 0. The molecule has 0 aliphatic carbocycles. The summed E-state index contributed by atoms with van der Waals surface area (Å²) < 4.78 is 42.7. The van der Waals surface area contributed by atoms with Gasteiger partial charge in [-0.15, -0.1) is 0 Å². The molecule has 11 heteroatoms. The molecular weight excluding hydrogens is 423 g/mol. The minimum Gasteiger partial charge on any atom is -0.790 e. The molecular formula is HO8PSTh. The Balaban J connectivity index is -0.000000107. The zero-order chi connectivity index (χ0) is 9.00. The first-order chi connectivity index (χ1) is 4.00. The third-order valence-electron chi connectivity index (χ3n) is 0. The summed E-state index contributed by atoms with van der Waals surface area (Å²) in [6, 6.07) is 0. The van der Waals surface area contributed by atoms with Gasteiger partial charge in [-0.3, -0.25) is 8.42 Å². The molecule has 0 spiro atoms. The fourth-order valence-corrected chi connectivity index (χ4v) is 0. The Morgan fingerprint density at radius 2 is 1.18 bits per heavy atom. The smallest absolute Gasteiger partial charge is 0.790 e. The van der Waals surface area contributed by atoms with Crippen LogP contribution in [0.25, 0.3) is 0 Å². The van der Waals surface area contributed by atoms with Crippen molar-refractivity contribution in [2.45, 2.75) is 0 Å². The van der Waals surface area contributed by atoms with Crippen LogP contribution in [0.1, 0.15) is 0 Å². The number of phosphoric acid groups is 1. The molecule has 8 nitrogen and oxygen atoms in total. The summed E-state index contributed by atoms with van der Waals surface area (Å²) >= 11 is 0. The van der Waals surface area contributed by atoms with Gasteiger partial charge in [0.25, 0.3) is 0 Å². The van der Waals surface area contributed by atoms with Crippen LogP contribution in [-0.2, 0) is 15.0 Å². The molecule has 64 valence electrons. The van der Waals surface area contributed by atoms with Crippen molar-refractivity contribution in [1.29, 1.82) is 0 Å². The van der Waals surface area contributed by atoms with Crippen LogP contribution >= 0.6 is 7.82 Å². The average Bonchev–Trinajstić information content (AvgIpc) is 1.12. The zero-order valence-electron chi connectivity index (χ0n) is 4.66. The summed E-state index contributed by atoms with van der Waals surface area (Å²) in [4.78, 5) is 24.3. The van der Waals surface area contributed by atoms with Crippen molar-refractivity contribution in [2.75, 3.05) is 0 Å². The van der Waals surface area contributed by atoms with Crippen LogP contribution < -0.4 is 9.79 Å². The maximum absolute atomic E-state index is 8.66. The van der Waals surface area contributed by atoms with Crippen molar-refractivity contribution in [3.8, 4) is 0 Å². The third-order valence-corrected chi connectivity index (χ3v) is 0. The van der Waals surface area contributed by atoms with E-state index in [0.29, 0.717) is 0 Å².